The molecular weight excluding hydrogens is 381 g/mol. The molecule has 0 unspecified atom stereocenters. The van der Waals surface area contributed by atoms with Crippen LogP contribution in [0.2, 0.25) is 0 Å². The van der Waals surface area contributed by atoms with Crippen molar-refractivity contribution in [2.45, 2.75) is 38.5 Å². The van der Waals surface area contributed by atoms with E-state index >= 15 is 0 Å². The number of alkyl halides is 3. The number of nitriles is 1. The van der Waals surface area contributed by atoms with E-state index in [2.05, 4.69) is 15.6 Å². The van der Waals surface area contributed by atoms with Crippen molar-refractivity contribution < 1.29 is 18.0 Å². The van der Waals surface area contributed by atoms with E-state index in [1.807, 2.05) is 13.8 Å². The lowest BCUT2D eigenvalue weighted by atomic mass is 9.98. The summed E-state index contributed by atoms with van der Waals surface area (Å²) in [7, 11) is 0. The topological polar surface area (TPSA) is 77.8 Å². The first-order valence-corrected chi connectivity index (χ1v) is 9.21. The lowest BCUT2D eigenvalue weighted by Crippen LogP contribution is -2.49. The highest BCUT2D eigenvalue weighted by Gasteiger charge is 2.42. The van der Waals surface area contributed by atoms with E-state index in [0.717, 1.165) is 0 Å². The van der Waals surface area contributed by atoms with E-state index < -0.39 is 24.2 Å². The number of carbonyl (C=O) groups is 1. The highest BCUT2D eigenvalue weighted by atomic mass is 19.4. The predicted molar refractivity (Wildman–Crippen MR) is 103 cm³/mol. The molecule has 0 saturated carbocycles. The zero-order valence-corrected chi connectivity index (χ0v) is 16.2. The van der Waals surface area contributed by atoms with E-state index in [-0.39, 0.29) is 24.4 Å². The van der Waals surface area contributed by atoms with Crippen molar-refractivity contribution in [1.29, 1.82) is 5.26 Å². The Morgan fingerprint density at radius 2 is 1.86 bits per heavy atom. The summed E-state index contributed by atoms with van der Waals surface area (Å²) in [4.78, 5) is 16.5. The molecule has 0 aliphatic rings. The van der Waals surface area contributed by atoms with Gasteiger partial charge in [-0.25, -0.2) is 0 Å². The number of amides is 1. The first-order chi connectivity index (χ1) is 13.7. The molecule has 5 nitrogen and oxygen atoms in total. The monoisotopic (exact) mass is 404 g/mol. The molecule has 1 amide bonds. The van der Waals surface area contributed by atoms with Crippen LogP contribution in [-0.4, -0.2) is 29.7 Å². The fourth-order valence-corrected chi connectivity index (χ4v) is 2.93. The largest absolute Gasteiger partial charge is 0.407 e. The fourth-order valence-electron chi connectivity index (χ4n) is 2.93. The minimum atomic E-state index is -4.60. The Labute approximate surface area is 168 Å². The fraction of sp³-hybridized carbons (Fsp3) is 0.381. The first kappa shape index (κ1) is 22.4. The van der Waals surface area contributed by atoms with Gasteiger partial charge < -0.3 is 5.32 Å². The number of nitrogens with one attached hydrogen (secondary N) is 2. The molecule has 2 aromatic rings. The summed E-state index contributed by atoms with van der Waals surface area (Å²) in [6.07, 6.45) is -2.78. The van der Waals surface area contributed by atoms with Gasteiger partial charge in [-0.3, -0.25) is 15.1 Å². The predicted octanol–water partition coefficient (Wildman–Crippen LogP) is 4.00. The summed E-state index contributed by atoms with van der Waals surface area (Å²) in [5.74, 6) is -0.639. The summed E-state index contributed by atoms with van der Waals surface area (Å²) < 4.78 is 41.4. The Kier molecular flexibility index (Phi) is 7.74. The summed E-state index contributed by atoms with van der Waals surface area (Å²) in [6, 6.07) is 9.90. The number of hydrogen-bond acceptors (Lipinski definition) is 4. The Bertz CT molecular complexity index is 830. The molecule has 2 atom stereocenters. The molecule has 2 rings (SSSR count). The second-order valence-electron chi connectivity index (χ2n) is 7.04. The zero-order chi connectivity index (χ0) is 21.4. The van der Waals surface area contributed by atoms with Gasteiger partial charge in [0.05, 0.1) is 17.8 Å². The number of hydrogen-bond donors (Lipinski definition) is 2. The summed E-state index contributed by atoms with van der Waals surface area (Å²) in [5.41, 5.74) is 1.35. The van der Waals surface area contributed by atoms with Crippen molar-refractivity contribution in [1.82, 2.24) is 15.6 Å². The number of rotatable bonds is 8. The Morgan fingerprint density at radius 1 is 1.17 bits per heavy atom. The number of nitrogens with zero attached hydrogens (tertiary/aromatic N) is 2. The van der Waals surface area contributed by atoms with Crippen LogP contribution in [-0.2, 0) is 4.79 Å². The van der Waals surface area contributed by atoms with Gasteiger partial charge >= 0.3 is 6.18 Å². The van der Waals surface area contributed by atoms with Crippen LogP contribution >= 0.6 is 0 Å². The van der Waals surface area contributed by atoms with Crippen molar-refractivity contribution in [2.24, 2.45) is 5.92 Å². The third kappa shape index (κ3) is 6.57. The van der Waals surface area contributed by atoms with E-state index in [9.17, 15) is 18.0 Å². The molecule has 8 heteroatoms. The highest BCUT2D eigenvalue weighted by Crippen LogP contribution is 2.34. The summed E-state index contributed by atoms with van der Waals surface area (Å²) in [6.45, 7) is 3.37. The summed E-state index contributed by atoms with van der Waals surface area (Å²) in [5, 5.41) is 13.4. The molecule has 1 heterocycles. The maximum atomic E-state index is 13.8. The van der Waals surface area contributed by atoms with Crippen LogP contribution in [0.5, 0.6) is 0 Å². The third-order valence-corrected chi connectivity index (χ3v) is 4.27. The van der Waals surface area contributed by atoms with Gasteiger partial charge in [-0.1, -0.05) is 44.2 Å². The van der Waals surface area contributed by atoms with Gasteiger partial charge in [0.15, 0.2) is 0 Å². The van der Waals surface area contributed by atoms with Crippen LogP contribution in [0.3, 0.4) is 0 Å². The lowest BCUT2D eigenvalue weighted by Gasteiger charge is -2.28. The molecule has 1 aromatic carbocycles. The Morgan fingerprint density at radius 3 is 2.38 bits per heavy atom. The van der Waals surface area contributed by atoms with Crippen LogP contribution in [0.15, 0.2) is 48.7 Å². The third-order valence-electron chi connectivity index (χ3n) is 4.27. The van der Waals surface area contributed by atoms with Crippen molar-refractivity contribution in [3.8, 4) is 17.3 Å². The molecule has 0 aliphatic heterocycles. The Hall–Kier alpha value is -2.92. The molecule has 29 heavy (non-hydrogen) atoms. The van der Waals surface area contributed by atoms with E-state index in [1.165, 1.54) is 12.1 Å². The van der Waals surface area contributed by atoms with Crippen LogP contribution < -0.4 is 10.6 Å². The lowest BCUT2D eigenvalue weighted by molar-refractivity contribution is -0.161. The smallest absolute Gasteiger partial charge is 0.342 e. The molecular formula is C21H23F3N4O. The maximum Gasteiger partial charge on any atom is 0.407 e. The first-order valence-electron chi connectivity index (χ1n) is 9.21. The molecule has 0 spiro atoms. The van der Waals surface area contributed by atoms with E-state index in [1.54, 1.807) is 42.6 Å². The van der Waals surface area contributed by atoms with Gasteiger partial charge in [0.1, 0.15) is 12.6 Å². The van der Waals surface area contributed by atoms with Crippen LogP contribution in [0, 0.1) is 17.2 Å². The number of carbonyl (C=O) groups excluding carboxylic acids is 1. The normalized spacial score (nSPS) is 13.6. The van der Waals surface area contributed by atoms with Crippen molar-refractivity contribution >= 4 is 5.91 Å². The second-order valence-corrected chi connectivity index (χ2v) is 7.04. The van der Waals surface area contributed by atoms with E-state index in [4.69, 9.17) is 5.26 Å². The Balaban J connectivity index is 2.28. The minimum absolute atomic E-state index is 0.000907. The number of benzene rings is 1. The van der Waals surface area contributed by atoms with Crippen LogP contribution in [0.4, 0.5) is 13.2 Å². The molecule has 0 radical (unpaired) electrons. The van der Waals surface area contributed by atoms with Gasteiger partial charge in [-0.15, -0.1) is 0 Å². The zero-order valence-electron chi connectivity index (χ0n) is 16.2. The molecule has 0 saturated heterocycles. The van der Waals surface area contributed by atoms with Crippen LogP contribution in [0.1, 0.15) is 31.9 Å². The number of halogens is 3. The quantitative estimate of drug-likeness (QED) is 0.652. The molecule has 0 aliphatic carbocycles. The molecule has 2 N–H and O–H groups in total. The van der Waals surface area contributed by atoms with E-state index in [0.29, 0.717) is 11.3 Å². The standard InChI is InChI=1S/C21H23F3N4O/c1-14(2)13-18(20(29)27-12-10-25)28-19(21(22,23)24)16-8-6-15(7-9-16)17-5-3-4-11-26-17/h3-9,11,14,18-19,28H,12-13H2,1-2H3,(H,27,29)/t18-,19-/m0/s1. The number of pyridine rings is 1. The average Bonchev–Trinajstić information content (AvgIpc) is 2.69. The molecule has 1 aromatic heterocycles. The summed E-state index contributed by atoms with van der Waals surface area (Å²) >= 11 is 0. The van der Waals surface area contributed by atoms with Crippen molar-refractivity contribution in [3.63, 3.8) is 0 Å². The minimum Gasteiger partial charge on any atom is -0.342 e. The SMILES string of the molecule is CC(C)C[C@H](N[C@@H](c1ccc(-c2ccccn2)cc1)C(F)(F)F)C(=O)NCC#N. The molecule has 0 fully saturated rings. The highest BCUT2D eigenvalue weighted by molar-refractivity contribution is 5.82. The van der Waals surface area contributed by atoms with Gasteiger partial charge in [0, 0.05) is 11.8 Å². The van der Waals surface area contributed by atoms with Gasteiger partial charge in [0.25, 0.3) is 0 Å². The van der Waals surface area contributed by atoms with Crippen molar-refractivity contribution in [2.75, 3.05) is 6.54 Å². The number of aromatic nitrogens is 1. The van der Waals surface area contributed by atoms with Gasteiger partial charge in [-0.2, -0.15) is 18.4 Å². The van der Waals surface area contributed by atoms with Gasteiger partial charge in [-0.05, 0) is 30.0 Å². The van der Waals surface area contributed by atoms with Gasteiger partial charge in [0.2, 0.25) is 5.91 Å². The molecule has 154 valence electrons. The second kappa shape index (κ2) is 10.0. The maximum absolute atomic E-state index is 13.8. The van der Waals surface area contributed by atoms with Crippen LogP contribution in [0.25, 0.3) is 11.3 Å². The molecule has 0 bridgehead atoms. The van der Waals surface area contributed by atoms with Crippen molar-refractivity contribution in [3.05, 3.63) is 54.2 Å². The average molecular weight is 404 g/mol.